The standard InChI is InChI=1S/C17H13N3/c1-2-6-13-10-19-17(9-12(13)5-1)20-16-11-18-15-8-4-3-7-14(15)16/h1-11,18H,(H,19,20). The second kappa shape index (κ2) is 4.38. The van der Waals surface area contributed by atoms with E-state index in [1.54, 1.807) is 0 Å². The van der Waals surface area contributed by atoms with Crippen LogP contribution in [0.2, 0.25) is 0 Å². The fourth-order valence-electron chi connectivity index (χ4n) is 2.46. The zero-order valence-corrected chi connectivity index (χ0v) is 10.8. The van der Waals surface area contributed by atoms with Crippen LogP contribution in [0.1, 0.15) is 0 Å². The lowest BCUT2D eigenvalue weighted by Crippen LogP contribution is -1.92. The summed E-state index contributed by atoms with van der Waals surface area (Å²) in [4.78, 5) is 7.72. The average Bonchev–Trinajstić information content (AvgIpc) is 2.91. The van der Waals surface area contributed by atoms with E-state index in [0.29, 0.717) is 0 Å². The van der Waals surface area contributed by atoms with Crippen molar-refractivity contribution >= 4 is 33.2 Å². The Bertz CT molecular complexity index is 893. The Kier molecular flexibility index (Phi) is 2.42. The molecule has 3 nitrogen and oxygen atoms in total. The number of benzene rings is 2. The topological polar surface area (TPSA) is 40.7 Å². The van der Waals surface area contributed by atoms with Crippen molar-refractivity contribution in [2.24, 2.45) is 0 Å². The molecule has 2 aromatic carbocycles. The molecule has 0 saturated heterocycles. The number of pyridine rings is 1. The van der Waals surface area contributed by atoms with Gasteiger partial charge in [0.25, 0.3) is 0 Å². The average molecular weight is 259 g/mol. The summed E-state index contributed by atoms with van der Waals surface area (Å²) in [5.74, 6) is 0.855. The molecule has 2 aromatic heterocycles. The van der Waals surface area contributed by atoms with Gasteiger partial charge in [-0.1, -0.05) is 42.5 Å². The molecule has 4 rings (SSSR count). The van der Waals surface area contributed by atoms with E-state index in [0.717, 1.165) is 22.4 Å². The van der Waals surface area contributed by atoms with Crippen LogP contribution in [0.15, 0.2) is 67.0 Å². The molecule has 0 amide bonds. The van der Waals surface area contributed by atoms with E-state index in [9.17, 15) is 0 Å². The molecular weight excluding hydrogens is 246 g/mol. The molecule has 4 aromatic rings. The first-order valence-electron chi connectivity index (χ1n) is 6.58. The summed E-state index contributed by atoms with van der Waals surface area (Å²) in [7, 11) is 0. The zero-order valence-electron chi connectivity index (χ0n) is 10.8. The van der Waals surface area contributed by atoms with Gasteiger partial charge in [0.15, 0.2) is 0 Å². The van der Waals surface area contributed by atoms with Gasteiger partial charge in [0.1, 0.15) is 5.82 Å². The normalized spacial score (nSPS) is 11.0. The quantitative estimate of drug-likeness (QED) is 0.558. The molecule has 0 unspecified atom stereocenters. The summed E-state index contributed by atoms with van der Waals surface area (Å²) < 4.78 is 0. The largest absolute Gasteiger partial charge is 0.359 e. The van der Waals surface area contributed by atoms with E-state index >= 15 is 0 Å². The van der Waals surface area contributed by atoms with Crippen LogP contribution in [-0.2, 0) is 0 Å². The van der Waals surface area contributed by atoms with E-state index in [-0.39, 0.29) is 0 Å². The van der Waals surface area contributed by atoms with Gasteiger partial charge in [-0.15, -0.1) is 0 Å². The Balaban J connectivity index is 1.76. The molecule has 2 N–H and O–H groups in total. The van der Waals surface area contributed by atoms with Gasteiger partial charge in [-0.2, -0.15) is 0 Å². The van der Waals surface area contributed by atoms with Gasteiger partial charge >= 0.3 is 0 Å². The van der Waals surface area contributed by atoms with E-state index < -0.39 is 0 Å². The lowest BCUT2D eigenvalue weighted by Gasteiger charge is -2.05. The third-order valence-corrected chi connectivity index (χ3v) is 3.48. The first-order valence-corrected chi connectivity index (χ1v) is 6.58. The van der Waals surface area contributed by atoms with Crippen molar-refractivity contribution in [3.05, 3.63) is 67.0 Å². The SMILES string of the molecule is c1ccc2cc(Nc3c[nH]c4ccccc34)ncc2c1. The van der Waals surface area contributed by atoms with E-state index in [2.05, 4.69) is 45.6 Å². The maximum Gasteiger partial charge on any atom is 0.130 e. The third-order valence-electron chi connectivity index (χ3n) is 3.48. The minimum Gasteiger partial charge on any atom is -0.359 e. The first kappa shape index (κ1) is 11.1. The van der Waals surface area contributed by atoms with E-state index in [4.69, 9.17) is 0 Å². The number of H-pyrrole nitrogens is 1. The van der Waals surface area contributed by atoms with Gasteiger partial charge in [-0.05, 0) is 17.5 Å². The van der Waals surface area contributed by atoms with Gasteiger partial charge in [0.05, 0.1) is 5.69 Å². The van der Waals surface area contributed by atoms with Gasteiger partial charge in [-0.25, -0.2) is 4.98 Å². The number of anilines is 2. The Morgan fingerprint density at radius 2 is 1.70 bits per heavy atom. The number of fused-ring (bicyclic) bond motifs is 2. The van der Waals surface area contributed by atoms with Crippen LogP contribution in [0.5, 0.6) is 0 Å². The molecule has 0 saturated carbocycles. The maximum atomic E-state index is 4.46. The van der Waals surface area contributed by atoms with Gasteiger partial charge in [0, 0.05) is 28.7 Å². The summed E-state index contributed by atoms with van der Waals surface area (Å²) in [6, 6.07) is 18.5. The maximum absolute atomic E-state index is 4.46. The number of hydrogen-bond donors (Lipinski definition) is 2. The van der Waals surface area contributed by atoms with Crippen LogP contribution in [0.3, 0.4) is 0 Å². The molecule has 96 valence electrons. The lowest BCUT2D eigenvalue weighted by molar-refractivity contribution is 1.34. The van der Waals surface area contributed by atoms with Crippen LogP contribution in [-0.4, -0.2) is 9.97 Å². The van der Waals surface area contributed by atoms with Crippen LogP contribution < -0.4 is 5.32 Å². The van der Waals surface area contributed by atoms with Gasteiger partial charge in [0.2, 0.25) is 0 Å². The molecule has 0 radical (unpaired) electrons. The molecule has 3 heteroatoms. The first-order chi connectivity index (χ1) is 9.90. The number of para-hydroxylation sites is 1. The van der Waals surface area contributed by atoms with Crippen molar-refractivity contribution in [2.75, 3.05) is 5.32 Å². The minimum absolute atomic E-state index is 0.855. The highest BCUT2D eigenvalue weighted by atomic mass is 15.0. The molecule has 0 bridgehead atoms. The Labute approximate surface area is 116 Å². The fourth-order valence-corrected chi connectivity index (χ4v) is 2.46. The molecule has 0 spiro atoms. The van der Waals surface area contributed by atoms with Gasteiger partial charge in [-0.3, -0.25) is 0 Å². The molecule has 2 heterocycles. The van der Waals surface area contributed by atoms with Crippen molar-refractivity contribution in [1.29, 1.82) is 0 Å². The lowest BCUT2D eigenvalue weighted by atomic mass is 10.2. The molecular formula is C17H13N3. The van der Waals surface area contributed by atoms with Crippen molar-refractivity contribution in [3.8, 4) is 0 Å². The van der Waals surface area contributed by atoms with E-state index in [1.807, 2.05) is 36.7 Å². The summed E-state index contributed by atoms with van der Waals surface area (Å²) in [6.07, 6.45) is 3.87. The highest BCUT2D eigenvalue weighted by Gasteiger charge is 2.04. The summed E-state index contributed by atoms with van der Waals surface area (Å²) >= 11 is 0. The van der Waals surface area contributed by atoms with Crippen LogP contribution in [0.25, 0.3) is 21.7 Å². The number of rotatable bonds is 2. The molecule has 0 aliphatic rings. The second-order valence-electron chi connectivity index (χ2n) is 4.79. The number of nitrogens with zero attached hydrogens (tertiary/aromatic N) is 1. The molecule has 0 atom stereocenters. The van der Waals surface area contributed by atoms with Crippen LogP contribution >= 0.6 is 0 Å². The highest BCUT2D eigenvalue weighted by molar-refractivity contribution is 5.94. The Morgan fingerprint density at radius 1 is 0.900 bits per heavy atom. The zero-order chi connectivity index (χ0) is 13.4. The molecule has 0 aliphatic heterocycles. The summed E-state index contributed by atoms with van der Waals surface area (Å²) in [5, 5.41) is 6.88. The van der Waals surface area contributed by atoms with Crippen LogP contribution in [0.4, 0.5) is 11.5 Å². The monoisotopic (exact) mass is 259 g/mol. The number of hydrogen-bond acceptors (Lipinski definition) is 2. The predicted molar refractivity (Wildman–Crippen MR) is 83.3 cm³/mol. The van der Waals surface area contributed by atoms with Crippen molar-refractivity contribution < 1.29 is 0 Å². The van der Waals surface area contributed by atoms with Crippen molar-refractivity contribution in [3.63, 3.8) is 0 Å². The highest BCUT2D eigenvalue weighted by Crippen LogP contribution is 2.26. The molecule has 20 heavy (non-hydrogen) atoms. The van der Waals surface area contributed by atoms with Gasteiger partial charge < -0.3 is 10.3 Å². The van der Waals surface area contributed by atoms with Crippen molar-refractivity contribution in [1.82, 2.24) is 9.97 Å². The van der Waals surface area contributed by atoms with E-state index in [1.165, 1.54) is 10.8 Å². The molecule has 0 aliphatic carbocycles. The summed E-state index contributed by atoms with van der Waals surface area (Å²) in [5.41, 5.74) is 2.17. The van der Waals surface area contributed by atoms with Crippen molar-refractivity contribution in [2.45, 2.75) is 0 Å². The number of nitrogens with one attached hydrogen (secondary N) is 2. The third kappa shape index (κ3) is 1.80. The number of aromatic amines is 1. The fraction of sp³-hybridized carbons (Fsp3) is 0. The second-order valence-corrected chi connectivity index (χ2v) is 4.79. The Hall–Kier alpha value is -2.81. The minimum atomic E-state index is 0.855. The molecule has 0 fully saturated rings. The Morgan fingerprint density at radius 3 is 2.65 bits per heavy atom. The number of aromatic nitrogens is 2. The predicted octanol–water partition coefficient (Wildman–Crippen LogP) is 4.46. The van der Waals surface area contributed by atoms with Crippen LogP contribution in [0, 0.1) is 0 Å². The summed E-state index contributed by atoms with van der Waals surface area (Å²) in [6.45, 7) is 0. The smallest absolute Gasteiger partial charge is 0.130 e.